The van der Waals surface area contributed by atoms with E-state index in [4.69, 9.17) is 9.47 Å². The van der Waals surface area contributed by atoms with Gasteiger partial charge in [0.2, 0.25) is 0 Å². The van der Waals surface area contributed by atoms with Crippen LogP contribution >= 0.6 is 0 Å². The first kappa shape index (κ1) is 21.5. The van der Waals surface area contributed by atoms with Gasteiger partial charge in [0.05, 0.1) is 6.61 Å². The second-order valence-corrected chi connectivity index (χ2v) is 9.72. The molecule has 2 aromatic rings. The van der Waals surface area contributed by atoms with Crippen molar-refractivity contribution in [2.24, 2.45) is 5.92 Å². The Balaban J connectivity index is 1.33. The number of aromatic amines is 1. The summed E-state index contributed by atoms with van der Waals surface area (Å²) in [6.45, 7) is 7.48. The summed E-state index contributed by atoms with van der Waals surface area (Å²) in [6.07, 6.45) is 4.90. The van der Waals surface area contributed by atoms with E-state index in [0.29, 0.717) is 37.5 Å². The van der Waals surface area contributed by atoms with Gasteiger partial charge in [0.1, 0.15) is 17.0 Å². The summed E-state index contributed by atoms with van der Waals surface area (Å²) in [7, 11) is 0. The van der Waals surface area contributed by atoms with E-state index in [1.807, 2.05) is 45.0 Å². The van der Waals surface area contributed by atoms with Crippen molar-refractivity contribution >= 4 is 22.9 Å². The molecule has 1 aromatic heterocycles. The summed E-state index contributed by atoms with van der Waals surface area (Å²) < 4.78 is 11.5. The summed E-state index contributed by atoms with van der Waals surface area (Å²) in [4.78, 5) is 30.0. The third-order valence-electron chi connectivity index (χ3n) is 6.05. The highest BCUT2D eigenvalue weighted by Gasteiger charge is 2.28. The van der Waals surface area contributed by atoms with E-state index in [1.165, 1.54) is 19.3 Å². The Morgan fingerprint density at radius 3 is 2.55 bits per heavy atom. The van der Waals surface area contributed by atoms with Crippen molar-refractivity contribution in [1.29, 1.82) is 0 Å². The number of H-pyrrole nitrogens is 1. The third-order valence-corrected chi connectivity index (χ3v) is 6.05. The SMILES string of the molecule is CC(C)(C)OC(=O)N1CCC(NC(=O)c2cc3c(OCC4CCC4)cccc3[nH]2)CC1. The highest BCUT2D eigenvalue weighted by Crippen LogP contribution is 2.30. The molecule has 168 valence electrons. The van der Waals surface area contributed by atoms with Crippen molar-refractivity contribution in [3.8, 4) is 5.75 Å². The first-order valence-electron chi connectivity index (χ1n) is 11.3. The summed E-state index contributed by atoms with van der Waals surface area (Å²) >= 11 is 0. The maximum Gasteiger partial charge on any atom is 0.410 e. The highest BCUT2D eigenvalue weighted by atomic mass is 16.6. The fourth-order valence-electron chi connectivity index (χ4n) is 4.04. The minimum absolute atomic E-state index is 0.0342. The second kappa shape index (κ2) is 8.81. The van der Waals surface area contributed by atoms with Crippen molar-refractivity contribution in [3.63, 3.8) is 0 Å². The zero-order valence-corrected chi connectivity index (χ0v) is 18.7. The number of ether oxygens (including phenoxy) is 2. The van der Waals surface area contributed by atoms with Gasteiger partial charge in [-0.05, 0) is 70.6 Å². The first-order valence-corrected chi connectivity index (χ1v) is 11.3. The van der Waals surface area contributed by atoms with Crippen LogP contribution < -0.4 is 10.1 Å². The number of aromatic nitrogens is 1. The monoisotopic (exact) mass is 427 g/mol. The normalized spacial score (nSPS) is 18.0. The molecule has 2 amide bonds. The van der Waals surface area contributed by atoms with Gasteiger partial charge in [-0.1, -0.05) is 12.5 Å². The summed E-state index contributed by atoms with van der Waals surface area (Å²) in [5, 5.41) is 4.04. The van der Waals surface area contributed by atoms with Crippen LogP contribution in [-0.2, 0) is 4.74 Å². The van der Waals surface area contributed by atoms with E-state index in [2.05, 4.69) is 10.3 Å². The fraction of sp³-hybridized carbons (Fsp3) is 0.583. The van der Waals surface area contributed by atoms with E-state index in [9.17, 15) is 9.59 Å². The van der Waals surface area contributed by atoms with Gasteiger partial charge in [-0.25, -0.2) is 4.79 Å². The maximum absolute atomic E-state index is 12.8. The van der Waals surface area contributed by atoms with Crippen LogP contribution in [0, 0.1) is 5.92 Å². The highest BCUT2D eigenvalue weighted by molar-refractivity contribution is 5.99. The lowest BCUT2D eigenvalue weighted by molar-refractivity contribution is 0.0199. The van der Waals surface area contributed by atoms with Crippen molar-refractivity contribution in [2.45, 2.75) is 64.5 Å². The average molecular weight is 428 g/mol. The molecule has 31 heavy (non-hydrogen) atoms. The third kappa shape index (κ3) is 5.32. The van der Waals surface area contributed by atoms with Crippen LogP contribution in [0.15, 0.2) is 24.3 Å². The topological polar surface area (TPSA) is 83.7 Å². The van der Waals surface area contributed by atoms with E-state index in [1.54, 1.807) is 4.90 Å². The van der Waals surface area contributed by atoms with Gasteiger partial charge in [-0.2, -0.15) is 0 Å². The zero-order chi connectivity index (χ0) is 22.0. The van der Waals surface area contributed by atoms with Crippen LogP contribution in [0.2, 0.25) is 0 Å². The van der Waals surface area contributed by atoms with Crippen LogP contribution in [0.3, 0.4) is 0 Å². The number of carbonyl (C=O) groups is 2. The molecule has 0 unspecified atom stereocenters. The van der Waals surface area contributed by atoms with Gasteiger partial charge in [0, 0.05) is 30.0 Å². The number of amides is 2. The van der Waals surface area contributed by atoms with Crippen molar-refractivity contribution in [2.75, 3.05) is 19.7 Å². The molecule has 0 bridgehead atoms. The number of nitrogens with zero attached hydrogens (tertiary/aromatic N) is 1. The Labute approximate surface area is 183 Å². The predicted octanol–water partition coefficient (Wildman–Crippen LogP) is 4.48. The number of fused-ring (bicyclic) bond motifs is 1. The van der Waals surface area contributed by atoms with Gasteiger partial charge in [0.25, 0.3) is 5.91 Å². The van der Waals surface area contributed by atoms with Crippen LogP contribution in [0.25, 0.3) is 10.9 Å². The molecule has 0 spiro atoms. The maximum atomic E-state index is 12.8. The second-order valence-electron chi connectivity index (χ2n) is 9.72. The smallest absolute Gasteiger partial charge is 0.410 e. The van der Waals surface area contributed by atoms with Gasteiger partial charge < -0.3 is 24.7 Å². The van der Waals surface area contributed by atoms with Crippen molar-refractivity contribution < 1.29 is 19.1 Å². The minimum Gasteiger partial charge on any atom is -0.493 e. The van der Waals surface area contributed by atoms with Gasteiger partial charge in [-0.3, -0.25) is 4.79 Å². The quantitative estimate of drug-likeness (QED) is 0.737. The number of benzene rings is 1. The molecule has 1 aliphatic carbocycles. The van der Waals surface area contributed by atoms with Crippen LogP contribution in [0.5, 0.6) is 5.75 Å². The molecule has 1 aromatic carbocycles. The van der Waals surface area contributed by atoms with E-state index in [-0.39, 0.29) is 18.0 Å². The molecule has 2 N–H and O–H groups in total. The number of rotatable bonds is 5. The van der Waals surface area contributed by atoms with Gasteiger partial charge in [-0.15, -0.1) is 0 Å². The van der Waals surface area contributed by atoms with E-state index in [0.717, 1.165) is 23.3 Å². The average Bonchev–Trinajstić information content (AvgIpc) is 3.11. The summed E-state index contributed by atoms with van der Waals surface area (Å²) in [5.41, 5.74) is 0.929. The molecule has 7 heteroatoms. The molecular weight excluding hydrogens is 394 g/mol. The van der Waals surface area contributed by atoms with E-state index >= 15 is 0 Å². The number of hydrogen-bond acceptors (Lipinski definition) is 4. The molecule has 2 fully saturated rings. The Morgan fingerprint density at radius 1 is 1.16 bits per heavy atom. The Kier molecular flexibility index (Phi) is 6.12. The lowest BCUT2D eigenvalue weighted by Crippen LogP contribution is -2.47. The molecule has 1 saturated carbocycles. The Hall–Kier alpha value is -2.70. The molecule has 7 nitrogen and oxygen atoms in total. The molecule has 0 atom stereocenters. The van der Waals surface area contributed by atoms with Crippen molar-refractivity contribution in [1.82, 2.24) is 15.2 Å². The fourth-order valence-corrected chi connectivity index (χ4v) is 4.04. The summed E-state index contributed by atoms with van der Waals surface area (Å²) in [5.74, 6) is 1.35. The van der Waals surface area contributed by atoms with Crippen LogP contribution in [-0.4, -0.2) is 53.2 Å². The predicted molar refractivity (Wildman–Crippen MR) is 119 cm³/mol. The first-order chi connectivity index (χ1) is 14.8. The largest absolute Gasteiger partial charge is 0.493 e. The van der Waals surface area contributed by atoms with Crippen molar-refractivity contribution in [3.05, 3.63) is 30.0 Å². The molecule has 4 rings (SSSR count). The Bertz CT molecular complexity index is 934. The number of carbonyl (C=O) groups excluding carboxylic acids is 2. The Morgan fingerprint density at radius 2 is 1.90 bits per heavy atom. The van der Waals surface area contributed by atoms with Crippen LogP contribution in [0.4, 0.5) is 4.79 Å². The van der Waals surface area contributed by atoms with Crippen LogP contribution in [0.1, 0.15) is 63.4 Å². The number of likely N-dealkylation sites (tertiary alicyclic amines) is 1. The molecule has 0 radical (unpaired) electrons. The lowest BCUT2D eigenvalue weighted by Gasteiger charge is -2.33. The molecule has 2 aliphatic rings. The van der Waals surface area contributed by atoms with E-state index < -0.39 is 5.60 Å². The number of piperidine rings is 1. The standard InChI is InChI=1S/C24H33N3O4/c1-24(2,3)31-23(29)27-12-10-17(11-13-27)25-22(28)20-14-18-19(26-20)8-5-9-21(18)30-15-16-6-4-7-16/h5,8-9,14,16-17,26H,4,6-7,10-13,15H2,1-3H3,(H,25,28). The van der Waals surface area contributed by atoms with Gasteiger partial charge in [0.15, 0.2) is 0 Å². The molecule has 1 aliphatic heterocycles. The number of hydrogen-bond donors (Lipinski definition) is 2. The van der Waals surface area contributed by atoms with Gasteiger partial charge >= 0.3 is 6.09 Å². The minimum atomic E-state index is -0.502. The molecular formula is C24H33N3O4. The molecule has 2 heterocycles. The zero-order valence-electron chi connectivity index (χ0n) is 18.7. The summed E-state index contributed by atoms with van der Waals surface area (Å²) in [6, 6.07) is 7.77. The number of nitrogens with one attached hydrogen (secondary N) is 2. The lowest BCUT2D eigenvalue weighted by atomic mass is 9.86. The molecule has 1 saturated heterocycles.